The van der Waals surface area contributed by atoms with Crippen molar-refractivity contribution in [2.24, 2.45) is 5.16 Å². The first-order valence-electron chi connectivity index (χ1n) is 5.00. The number of hydrogen-bond acceptors (Lipinski definition) is 4. The molecule has 0 atom stereocenters. The van der Waals surface area contributed by atoms with Crippen LogP contribution in [0.25, 0.3) is 0 Å². The summed E-state index contributed by atoms with van der Waals surface area (Å²) in [7, 11) is 6.77. The molecule has 0 saturated heterocycles. The van der Waals surface area contributed by atoms with Crippen molar-refractivity contribution < 1.29 is 14.4 Å². The van der Waals surface area contributed by atoms with Crippen LogP contribution in [0.5, 0.6) is 0 Å². The molecule has 16 heavy (non-hydrogen) atoms. The highest BCUT2D eigenvalue weighted by molar-refractivity contribution is 5.83. The summed E-state index contributed by atoms with van der Waals surface area (Å²) in [5.41, 5.74) is -0.352. The van der Waals surface area contributed by atoms with Crippen molar-refractivity contribution >= 4 is 11.9 Å². The maximum atomic E-state index is 10.9. The van der Waals surface area contributed by atoms with Crippen LogP contribution in [0.1, 0.15) is 20.3 Å². The number of amidine groups is 1. The molecule has 1 amide bonds. The fourth-order valence-electron chi connectivity index (χ4n) is 0.865. The number of oxime groups is 1. The standard InChI is InChI=1S/C10H21N3O3/c1-10(2,15-6)7-8(13(4)5)12-16-9(14)11-3/h7H2,1-6H3,(H,11,14). The predicted molar refractivity (Wildman–Crippen MR) is 62.4 cm³/mol. The lowest BCUT2D eigenvalue weighted by Gasteiger charge is -2.26. The topological polar surface area (TPSA) is 63.2 Å². The molecule has 0 aromatic heterocycles. The molecule has 0 rings (SSSR count). The van der Waals surface area contributed by atoms with Gasteiger partial charge in [0.2, 0.25) is 0 Å². The van der Waals surface area contributed by atoms with E-state index in [-0.39, 0.29) is 5.60 Å². The average molecular weight is 231 g/mol. The third-order valence-electron chi connectivity index (χ3n) is 2.09. The Morgan fingerprint density at radius 3 is 2.38 bits per heavy atom. The van der Waals surface area contributed by atoms with Crippen molar-refractivity contribution in [1.29, 1.82) is 0 Å². The zero-order valence-electron chi connectivity index (χ0n) is 10.8. The molecule has 0 aliphatic carbocycles. The quantitative estimate of drug-likeness (QED) is 0.340. The molecule has 0 saturated carbocycles. The maximum Gasteiger partial charge on any atom is 0.433 e. The fourth-order valence-corrected chi connectivity index (χ4v) is 0.865. The molecule has 1 N–H and O–H groups in total. The third kappa shape index (κ3) is 5.55. The van der Waals surface area contributed by atoms with Crippen LogP contribution in [-0.2, 0) is 9.57 Å². The van der Waals surface area contributed by atoms with Crippen LogP contribution in [0.4, 0.5) is 4.79 Å². The fraction of sp³-hybridized carbons (Fsp3) is 0.800. The summed E-state index contributed by atoms with van der Waals surface area (Å²) >= 11 is 0. The summed E-state index contributed by atoms with van der Waals surface area (Å²) in [6, 6.07) is 0. The number of carbonyl (C=O) groups is 1. The Morgan fingerprint density at radius 1 is 1.44 bits per heavy atom. The summed E-state index contributed by atoms with van der Waals surface area (Å²) in [6.45, 7) is 3.87. The minimum atomic E-state index is -0.588. The molecule has 0 aromatic rings. The van der Waals surface area contributed by atoms with Crippen molar-refractivity contribution in [2.75, 3.05) is 28.3 Å². The van der Waals surface area contributed by atoms with E-state index in [2.05, 4.69) is 15.3 Å². The van der Waals surface area contributed by atoms with Crippen molar-refractivity contribution in [3.8, 4) is 0 Å². The molecule has 0 radical (unpaired) electrons. The Morgan fingerprint density at radius 2 is 2.00 bits per heavy atom. The summed E-state index contributed by atoms with van der Waals surface area (Å²) < 4.78 is 5.29. The number of nitrogens with zero attached hydrogens (tertiary/aromatic N) is 2. The molecular weight excluding hydrogens is 210 g/mol. The van der Waals surface area contributed by atoms with Gasteiger partial charge in [-0.2, -0.15) is 0 Å². The highest BCUT2D eigenvalue weighted by atomic mass is 16.7. The van der Waals surface area contributed by atoms with Gasteiger partial charge in [-0.05, 0) is 13.8 Å². The molecule has 0 fully saturated rings. The van der Waals surface area contributed by atoms with Crippen LogP contribution < -0.4 is 5.32 Å². The van der Waals surface area contributed by atoms with Gasteiger partial charge in [-0.1, -0.05) is 5.16 Å². The van der Waals surface area contributed by atoms with Crippen LogP contribution in [-0.4, -0.2) is 50.7 Å². The number of carbonyl (C=O) groups excluding carboxylic acids is 1. The van der Waals surface area contributed by atoms with E-state index >= 15 is 0 Å². The zero-order chi connectivity index (χ0) is 12.8. The smallest absolute Gasteiger partial charge is 0.378 e. The van der Waals surface area contributed by atoms with Gasteiger partial charge < -0.3 is 15.0 Å². The van der Waals surface area contributed by atoms with Crippen molar-refractivity contribution in [1.82, 2.24) is 10.2 Å². The van der Waals surface area contributed by atoms with Gasteiger partial charge in [-0.3, -0.25) is 4.84 Å². The Balaban J connectivity index is 4.56. The lowest BCUT2D eigenvalue weighted by molar-refractivity contribution is 0.0265. The number of methoxy groups -OCH3 is 1. The normalized spacial score (nSPS) is 12.2. The van der Waals surface area contributed by atoms with Gasteiger partial charge in [0.1, 0.15) is 5.84 Å². The molecule has 6 heteroatoms. The van der Waals surface area contributed by atoms with Gasteiger partial charge in [-0.25, -0.2) is 4.79 Å². The first-order chi connectivity index (χ1) is 7.32. The minimum Gasteiger partial charge on any atom is -0.378 e. The molecule has 0 bridgehead atoms. The van der Waals surface area contributed by atoms with E-state index in [9.17, 15) is 4.79 Å². The van der Waals surface area contributed by atoms with Gasteiger partial charge >= 0.3 is 6.09 Å². The van der Waals surface area contributed by atoms with Gasteiger partial charge in [0.15, 0.2) is 0 Å². The summed E-state index contributed by atoms with van der Waals surface area (Å²) in [5, 5.41) is 6.10. The molecule has 0 aliphatic heterocycles. The maximum absolute atomic E-state index is 10.9. The van der Waals surface area contributed by atoms with Crippen LogP contribution in [0, 0.1) is 0 Å². The van der Waals surface area contributed by atoms with Crippen LogP contribution in [0.2, 0.25) is 0 Å². The molecule has 0 aromatic carbocycles. The second-order valence-electron chi connectivity index (χ2n) is 4.17. The lowest BCUT2D eigenvalue weighted by Crippen LogP contribution is -2.34. The highest BCUT2D eigenvalue weighted by Crippen LogP contribution is 2.14. The lowest BCUT2D eigenvalue weighted by atomic mass is 10.0. The predicted octanol–water partition coefficient (Wildman–Crippen LogP) is 1.03. The van der Waals surface area contributed by atoms with Gasteiger partial charge in [0.25, 0.3) is 0 Å². The zero-order valence-corrected chi connectivity index (χ0v) is 10.8. The Bertz CT molecular complexity index is 262. The number of amides is 1. The van der Waals surface area contributed by atoms with E-state index in [0.717, 1.165) is 0 Å². The van der Waals surface area contributed by atoms with Crippen LogP contribution in [0.15, 0.2) is 5.16 Å². The molecule has 0 aliphatic rings. The van der Waals surface area contributed by atoms with E-state index < -0.39 is 6.09 Å². The minimum absolute atomic E-state index is 0.352. The van der Waals surface area contributed by atoms with E-state index in [1.165, 1.54) is 7.05 Å². The molecule has 0 heterocycles. The van der Waals surface area contributed by atoms with E-state index in [0.29, 0.717) is 12.3 Å². The highest BCUT2D eigenvalue weighted by Gasteiger charge is 2.21. The number of nitrogens with one attached hydrogen (secondary N) is 1. The van der Waals surface area contributed by atoms with Crippen molar-refractivity contribution in [3.05, 3.63) is 0 Å². The van der Waals surface area contributed by atoms with E-state index in [1.54, 1.807) is 12.0 Å². The summed E-state index contributed by atoms with van der Waals surface area (Å²) in [5.74, 6) is 0.635. The monoisotopic (exact) mass is 231 g/mol. The third-order valence-corrected chi connectivity index (χ3v) is 2.09. The van der Waals surface area contributed by atoms with Gasteiger partial charge in [0, 0.05) is 34.7 Å². The second kappa shape index (κ2) is 6.32. The summed E-state index contributed by atoms with van der Waals surface area (Å²) in [4.78, 5) is 17.3. The number of rotatable bonds is 4. The van der Waals surface area contributed by atoms with Crippen LogP contribution in [0.3, 0.4) is 0 Å². The van der Waals surface area contributed by atoms with Crippen LogP contribution >= 0.6 is 0 Å². The van der Waals surface area contributed by atoms with Gasteiger partial charge in [-0.15, -0.1) is 0 Å². The molecule has 0 spiro atoms. The molecular formula is C10H21N3O3. The summed E-state index contributed by atoms with van der Waals surface area (Å²) in [6.07, 6.45) is -0.0393. The Labute approximate surface area is 96.6 Å². The first kappa shape index (κ1) is 14.7. The molecule has 94 valence electrons. The van der Waals surface area contributed by atoms with Crippen molar-refractivity contribution in [2.45, 2.75) is 25.9 Å². The van der Waals surface area contributed by atoms with E-state index in [4.69, 9.17) is 4.74 Å². The molecule has 6 nitrogen and oxygen atoms in total. The van der Waals surface area contributed by atoms with Gasteiger partial charge in [0.05, 0.1) is 5.60 Å². The number of ether oxygens (including phenoxy) is 1. The SMILES string of the molecule is CNC(=O)ON=C(CC(C)(C)OC)N(C)C. The molecule has 0 unspecified atom stereocenters. The Kier molecular flexibility index (Phi) is 5.81. The Hall–Kier alpha value is -1.30. The largest absolute Gasteiger partial charge is 0.433 e. The van der Waals surface area contributed by atoms with Crippen molar-refractivity contribution in [3.63, 3.8) is 0 Å². The first-order valence-corrected chi connectivity index (χ1v) is 5.00. The van der Waals surface area contributed by atoms with E-state index in [1.807, 2.05) is 27.9 Å². The average Bonchev–Trinajstić information content (AvgIpc) is 2.23. The second-order valence-corrected chi connectivity index (χ2v) is 4.17. The number of hydrogen-bond donors (Lipinski definition) is 1.